The molecule has 0 unspecified atom stereocenters. The number of hydrogen-bond acceptors (Lipinski definition) is 5. The SMILES string of the molecule is Nc1nc(N)c2[nH]c(CCc3ccccc3)nc2n1. The fraction of sp³-hybridized carbons (Fsp3) is 0.154. The first kappa shape index (κ1) is 11.5. The van der Waals surface area contributed by atoms with Crippen LogP contribution in [0.2, 0.25) is 0 Å². The number of aromatic amines is 1. The second-order valence-corrected chi connectivity index (χ2v) is 4.33. The van der Waals surface area contributed by atoms with Crippen LogP contribution in [0, 0.1) is 0 Å². The van der Waals surface area contributed by atoms with Gasteiger partial charge < -0.3 is 16.5 Å². The summed E-state index contributed by atoms with van der Waals surface area (Å²) < 4.78 is 0. The fourth-order valence-electron chi connectivity index (χ4n) is 2.01. The largest absolute Gasteiger partial charge is 0.382 e. The number of nitrogens with one attached hydrogen (secondary N) is 1. The van der Waals surface area contributed by atoms with Crippen molar-refractivity contribution in [3.63, 3.8) is 0 Å². The van der Waals surface area contributed by atoms with Crippen LogP contribution in [0.15, 0.2) is 30.3 Å². The van der Waals surface area contributed by atoms with Gasteiger partial charge in [-0.2, -0.15) is 9.97 Å². The molecule has 19 heavy (non-hydrogen) atoms. The Morgan fingerprint density at radius 1 is 0.947 bits per heavy atom. The Balaban J connectivity index is 1.84. The average Bonchev–Trinajstić information content (AvgIpc) is 2.81. The first-order valence-corrected chi connectivity index (χ1v) is 6.04. The molecule has 0 amide bonds. The molecular weight excluding hydrogens is 240 g/mol. The summed E-state index contributed by atoms with van der Waals surface area (Å²) in [7, 11) is 0. The Morgan fingerprint density at radius 3 is 2.53 bits per heavy atom. The second-order valence-electron chi connectivity index (χ2n) is 4.33. The van der Waals surface area contributed by atoms with Gasteiger partial charge in [-0.15, -0.1) is 0 Å². The lowest BCUT2D eigenvalue weighted by Crippen LogP contribution is -1.99. The van der Waals surface area contributed by atoms with Gasteiger partial charge in [0.25, 0.3) is 0 Å². The van der Waals surface area contributed by atoms with E-state index in [1.807, 2.05) is 18.2 Å². The number of H-pyrrole nitrogens is 1. The Bertz CT molecular complexity index is 704. The minimum atomic E-state index is 0.145. The monoisotopic (exact) mass is 254 g/mol. The molecule has 2 aromatic heterocycles. The minimum Gasteiger partial charge on any atom is -0.382 e. The normalized spacial score (nSPS) is 10.9. The maximum absolute atomic E-state index is 5.78. The summed E-state index contributed by atoms with van der Waals surface area (Å²) in [6, 6.07) is 10.2. The average molecular weight is 254 g/mol. The number of anilines is 2. The van der Waals surface area contributed by atoms with E-state index in [0.717, 1.165) is 18.7 Å². The van der Waals surface area contributed by atoms with Gasteiger partial charge in [0, 0.05) is 6.42 Å². The molecule has 0 spiro atoms. The lowest BCUT2D eigenvalue weighted by molar-refractivity contribution is 0.889. The predicted octanol–water partition coefficient (Wildman–Crippen LogP) is 1.30. The van der Waals surface area contributed by atoms with Gasteiger partial charge in [0.1, 0.15) is 11.3 Å². The topological polar surface area (TPSA) is 106 Å². The summed E-state index contributed by atoms with van der Waals surface area (Å²) in [5.41, 5.74) is 13.8. The molecule has 6 heteroatoms. The number of benzene rings is 1. The van der Waals surface area contributed by atoms with Crippen molar-refractivity contribution in [3.8, 4) is 0 Å². The number of nitrogens with two attached hydrogens (primary N) is 2. The van der Waals surface area contributed by atoms with Gasteiger partial charge in [-0.3, -0.25) is 0 Å². The molecule has 1 aromatic carbocycles. The highest BCUT2D eigenvalue weighted by Crippen LogP contribution is 2.16. The third-order valence-electron chi connectivity index (χ3n) is 2.94. The van der Waals surface area contributed by atoms with Crippen LogP contribution in [0.4, 0.5) is 11.8 Å². The Morgan fingerprint density at radius 2 is 1.74 bits per heavy atom. The van der Waals surface area contributed by atoms with E-state index in [9.17, 15) is 0 Å². The Hall–Kier alpha value is -2.63. The molecule has 0 aliphatic heterocycles. The van der Waals surface area contributed by atoms with Gasteiger partial charge in [-0.1, -0.05) is 30.3 Å². The van der Waals surface area contributed by atoms with Gasteiger partial charge >= 0.3 is 0 Å². The highest BCUT2D eigenvalue weighted by Gasteiger charge is 2.09. The lowest BCUT2D eigenvalue weighted by atomic mass is 10.1. The van der Waals surface area contributed by atoms with Crippen LogP contribution < -0.4 is 11.5 Å². The number of fused-ring (bicyclic) bond motifs is 1. The molecule has 96 valence electrons. The summed E-state index contributed by atoms with van der Waals surface area (Å²) in [5.74, 6) is 1.32. The van der Waals surface area contributed by atoms with E-state index in [1.54, 1.807) is 0 Å². The van der Waals surface area contributed by atoms with Gasteiger partial charge in [-0.25, -0.2) is 4.98 Å². The Labute approximate surface area is 109 Å². The van der Waals surface area contributed by atoms with Crippen molar-refractivity contribution < 1.29 is 0 Å². The van der Waals surface area contributed by atoms with Crippen LogP contribution in [-0.2, 0) is 12.8 Å². The molecule has 0 radical (unpaired) electrons. The molecule has 0 aliphatic carbocycles. The summed E-state index contributed by atoms with van der Waals surface area (Å²) in [6.45, 7) is 0. The molecule has 0 fully saturated rings. The van der Waals surface area contributed by atoms with Gasteiger partial charge in [-0.05, 0) is 12.0 Å². The van der Waals surface area contributed by atoms with Gasteiger partial charge in [0.05, 0.1) is 0 Å². The molecule has 2 heterocycles. The van der Waals surface area contributed by atoms with Crippen LogP contribution in [0.3, 0.4) is 0 Å². The Kier molecular flexibility index (Phi) is 2.75. The van der Waals surface area contributed by atoms with Gasteiger partial charge in [0.2, 0.25) is 5.95 Å². The third-order valence-corrected chi connectivity index (χ3v) is 2.94. The van der Waals surface area contributed by atoms with E-state index in [1.165, 1.54) is 5.56 Å². The maximum atomic E-state index is 5.78. The van der Waals surface area contributed by atoms with Crippen molar-refractivity contribution in [2.45, 2.75) is 12.8 Å². The highest BCUT2D eigenvalue weighted by atomic mass is 15.1. The molecule has 0 saturated heterocycles. The maximum Gasteiger partial charge on any atom is 0.224 e. The zero-order valence-corrected chi connectivity index (χ0v) is 10.3. The summed E-state index contributed by atoms with van der Waals surface area (Å²) in [6.07, 6.45) is 1.70. The summed E-state index contributed by atoms with van der Waals surface area (Å²) in [4.78, 5) is 15.5. The highest BCUT2D eigenvalue weighted by molar-refractivity contribution is 5.82. The van der Waals surface area contributed by atoms with Crippen molar-refractivity contribution in [2.75, 3.05) is 11.5 Å². The van der Waals surface area contributed by atoms with Crippen LogP contribution >= 0.6 is 0 Å². The van der Waals surface area contributed by atoms with Crippen LogP contribution in [0.1, 0.15) is 11.4 Å². The standard InChI is InChI=1S/C13H14N6/c14-11-10-12(19-13(15)18-11)17-9(16-10)7-6-8-4-2-1-3-5-8/h1-5H,6-7H2,(H5,14,15,16,17,18,19). The van der Waals surface area contributed by atoms with Crippen LogP contribution in [-0.4, -0.2) is 19.9 Å². The molecule has 3 aromatic rings. The molecule has 0 aliphatic rings. The van der Waals surface area contributed by atoms with Crippen molar-refractivity contribution in [2.24, 2.45) is 0 Å². The van der Waals surface area contributed by atoms with E-state index in [2.05, 4.69) is 32.1 Å². The van der Waals surface area contributed by atoms with E-state index in [4.69, 9.17) is 11.5 Å². The van der Waals surface area contributed by atoms with Gasteiger partial charge in [0.15, 0.2) is 11.5 Å². The van der Waals surface area contributed by atoms with E-state index >= 15 is 0 Å². The first-order chi connectivity index (χ1) is 9.22. The second kappa shape index (κ2) is 4.56. The number of nitrogen functional groups attached to an aromatic ring is 2. The van der Waals surface area contributed by atoms with E-state index < -0.39 is 0 Å². The minimum absolute atomic E-state index is 0.145. The first-order valence-electron chi connectivity index (χ1n) is 6.04. The zero-order valence-electron chi connectivity index (χ0n) is 10.3. The molecule has 0 bridgehead atoms. The molecule has 0 atom stereocenters. The molecule has 3 rings (SSSR count). The van der Waals surface area contributed by atoms with Crippen LogP contribution in [0.5, 0.6) is 0 Å². The van der Waals surface area contributed by atoms with Crippen molar-refractivity contribution >= 4 is 22.9 Å². The van der Waals surface area contributed by atoms with Crippen molar-refractivity contribution in [3.05, 3.63) is 41.7 Å². The molecular formula is C13H14N6. The smallest absolute Gasteiger partial charge is 0.224 e. The fourth-order valence-corrected chi connectivity index (χ4v) is 2.01. The quantitative estimate of drug-likeness (QED) is 0.653. The number of hydrogen-bond donors (Lipinski definition) is 3. The number of nitrogens with zero attached hydrogens (tertiary/aromatic N) is 3. The summed E-state index contributed by atoms with van der Waals surface area (Å²) >= 11 is 0. The molecule has 6 nitrogen and oxygen atoms in total. The molecule has 0 saturated carbocycles. The number of aromatic nitrogens is 4. The zero-order chi connectivity index (χ0) is 13.2. The third kappa shape index (κ3) is 2.33. The van der Waals surface area contributed by atoms with E-state index in [-0.39, 0.29) is 5.95 Å². The van der Waals surface area contributed by atoms with Crippen LogP contribution in [0.25, 0.3) is 11.2 Å². The molecule has 5 N–H and O–H groups in total. The number of rotatable bonds is 3. The summed E-state index contributed by atoms with van der Waals surface area (Å²) in [5, 5.41) is 0. The van der Waals surface area contributed by atoms with Crippen molar-refractivity contribution in [1.29, 1.82) is 0 Å². The van der Waals surface area contributed by atoms with E-state index in [0.29, 0.717) is 17.0 Å². The number of aryl methyl sites for hydroxylation is 2. The van der Waals surface area contributed by atoms with Crippen molar-refractivity contribution in [1.82, 2.24) is 19.9 Å². The lowest BCUT2D eigenvalue weighted by Gasteiger charge is -1.97. The predicted molar refractivity (Wildman–Crippen MR) is 74.4 cm³/mol. The number of imidazole rings is 1.